The minimum Gasteiger partial charge on any atom is -0.322 e. The first-order chi connectivity index (χ1) is 9.88. The number of hydrogen-bond acceptors (Lipinski definition) is 3. The fraction of sp³-hybridized carbons (Fsp3) is 0.0714. The van der Waals surface area contributed by atoms with Gasteiger partial charge in [0.05, 0.1) is 15.5 Å². The van der Waals surface area contributed by atoms with Crippen molar-refractivity contribution in [1.29, 1.82) is 0 Å². The van der Waals surface area contributed by atoms with Crippen molar-refractivity contribution in [1.82, 2.24) is 0 Å². The molecule has 1 amide bonds. The van der Waals surface area contributed by atoms with Crippen molar-refractivity contribution >= 4 is 51.5 Å². The lowest BCUT2D eigenvalue weighted by Crippen LogP contribution is -2.13. The standard InChI is InChI=1S/C14H10ClIN2O3/c1-8-2-3-9(6-13(8)16)17-14(19)11-7-10(18(20)21)4-5-12(11)15/h2-7H,1H3,(H,17,19). The molecule has 0 aliphatic rings. The van der Waals surface area contributed by atoms with E-state index in [-0.39, 0.29) is 16.3 Å². The Morgan fingerprint density at radius 1 is 1.29 bits per heavy atom. The van der Waals surface area contributed by atoms with Gasteiger partial charge in [-0.2, -0.15) is 0 Å². The van der Waals surface area contributed by atoms with Gasteiger partial charge in [0, 0.05) is 21.4 Å². The summed E-state index contributed by atoms with van der Waals surface area (Å²) in [6.45, 7) is 1.96. The molecule has 0 radical (unpaired) electrons. The summed E-state index contributed by atoms with van der Waals surface area (Å²) in [5.41, 5.74) is 1.60. The molecule has 0 saturated carbocycles. The number of nitro benzene ring substituents is 1. The van der Waals surface area contributed by atoms with Crippen molar-refractivity contribution in [2.75, 3.05) is 5.32 Å². The predicted octanol–water partition coefficient (Wildman–Crippen LogP) is 4.41. The summed E-state index contributed by atoms with van der Waals surface area (Å²) in [6.07, 6.45) is 0. The van der Waals surface area contributed by atoms with Crippen LogP contribution in [0, 0.1) is 20.6 Å². The van der Waals surface area contributed by atoms with E-state index in [2.05, 4.69) is 27.9 Å². The van der Waals surface area contributed by atoms with E-state index in [0.29, 0.717) is 5.69 Å². The average molecular weight is 417 g/mol. The van der Waals surface area contributed by atoms with Gasteiger partial charge in [-0.3, -0.25) is 14.9 Å². The number of hydrogen-bond donors (Lipinski definition) is 1. The molecule has 0 atom stereocenters. The molecule has 0 spiro atoms. The van der Waals surface area contributed by atoms with Crippen molar-refractivity contribution < 1.29 is 9.72 Å². The Hall–Kier alpha value is -1.67. The van der Waals surface area contributed by atoms with E-state index in [4.69, 9.17) is 11.6 Å². The summed E-state index contributed by atoms with van der Waals surface area (Å²) < 4.78 is 1.01. The lowest BCUT2D eigenvalue weighted by molar-refractivity contribution is -0.384. The second-order valence-electron chi connectivity index (χ2n) is 4.34. The summed E-state index contributed by atoms with van der Waals surface area (Å²) in [5, 5.41) is 13.6. The molecule has 0 aliphatic heterocycles. The number of anilines is 1. The zero-order valence-electron chi connectivity index (χ0n) is 10.9. The molecular weight excluding hydrogens is 407 g/mol. The molecule has 7 heteroatoms. The monoisotopic (exact) mass is 416 g/mol. The maximum absolute atomic E-state index is 12.2. The van der Waals surface area contributed by atoms with Crippen LogP contribution in [0.3, 0.4) is 0 Å². The maximum Gasteiger partial charge on any atom is 0.270 e. The van der Waals surface area contributed by atoms with Crippen LogP contribution in [0.4, 0.5) is 11.4 Å². The number of amides is 1. The molecule has 2 aromatic rings. The average Bonchev–Trinajstić information content (AvgIpc) is 2.43. The van der Waals surface area contributed by atoms with E-state index in [1.165, 1.54) is 12.1 Å². The Balaban J connectivity index is 2.29. The molecule has 0 fully saturated rings. The molecular formula is C14H10ClIN2O3. The highest BCUT2D eigenvalue weighted by Crippen LogP contribution is 2.24. The van der Waals surface area contributed by atoms with Crippen molar-refractivity contribution in [2.45, 2.75) is 6.92 Å². The van der Waals surface area contributed by atoms with E-state index >= 15 is 0 Å². The summed E-state index contributed by atoms with van der Waals surface area (Å²) in [4.78, 5) is 22.4. The first kappa shape index (κ1) is 15.7. The second kappa shape index (κ2) is 6.40. The van der Waals surface area contributed by atoms with Gasteiger partial charge in [-0.1, -0.05) is 17.7 Å². The van der Waals surface area contributed by atoms with Gasteiger partial charge < -0.3 is 5.32 Å². The van der Waals surface area contributed by atoms with E-state index < -0.39 is 10.8 Å². The van der Waals surface area contributed by atoms with Crippen LogP contribution >= 0.6 is 34.2 Å². The van der Waals surface area contributed by atoms with E-state index in [0.717, 1.165) is 15.2 Å². The first-order valence-corrected chi connectivity index (χ1v) is 7.35. The van der Waals surface area contributed by atoms with Gasteiger partial charge >= 0.3 is 0 Å². The zero-order valence-corrected chi connectivity index (χ0v) is 13.8. The molecule has 2 rings (SSSR count). The number of nitrogens with zero attached hydrogens (tertiary/aromatic N) is 1. The normalized spacial score (nSPS) is 10.2. The zero-order chi connectivity index (χ0) is 15.6. The highest BCUT2D eigenvalue weighted by molar-refractivity contribution is 14.1. The molecule has 0 aromatic heterocycles. The van der Waals surface area contributed by atoms with Crippen LogP contribution in [0.15, 0.2) is 36.4 Å². The summed E-state index contributed by atoms with van der Waals surface area (Å²) in [6, 6.07) is 9.23. The van der Waals surface area contributed by atoms with Crippen LogP contribution in [0.5, 0.6) is 0 Å². The smallest absolute Gasteiger partial charge is 0.270 e. The predicted molar refractivity (Wildman–Crippen MR) is 90.0 cm³/mol. The minimum absolute atomic E-state index is 0.0708. The number of benzene rings is 2. The molecule has 0 aliphatic carbocycles. The van der Waals surface area contributed by atoms with Crippen molar-refractivity contribution in [3.8, 4) is 0 Å². The van der Waals surface area contributed by atoms with Crippen LogP contribution in [0.1, 0.15) is 15.9 Å². The second-order valence-corrected chi connectivity index (χ2v) is 5.91. The quantitative estimate of drug-likeness (QED) is 0.457. The third-order valence-electron chi connectivity index (χ3n) is 2.84. The fourth-order valence-corrected chi connectivity index (χ4v) is 2.39. The topological polar surface area (TPSA) is 72.2 Å². The molecule has 21 heavy (non-hydrogen) atoms. The minimum atomic E-state index is -0.568. The molecule has 108 valence electrons. The third kappa shape index (κ3) is 3.70. The number of nitrogens with one attached hydrogen (secondary N) is 1. The lowest BCUT2D eigenvalue weighted by atomic mass is 10.1. The number of rotatable bonds is 3. The third-order valence-corrected chi connectivity index (χ3v) is 4.33. The van der Waals surface area contributed by atoms with E-state index in [9.17, 15) is 14.9 Å². The number of non-ortho nitro benzene ring substituents is 1. The van der Waals surface area contributed by atoms with Crippen LogP contribution < -0.4 is 5.32 Å². The highest BCUT2D eigenvalue weighted by Gasteiger charge is 2.16. The number of carbonyl (C=O) groups excluding carboxylic acids is 1. The summed E-state index contributed by atoms with van der Waals surface area (Å²) in [7, 11) is 0. The molecule has 0 saturated heterocycles. The van der Waals surface area contributed by atoms with Crippen molar-refractivity contribution in [3.63, 3.8) is 0 Å². The largest absolute Gasteiger partial charge is 0.322 e. The van der Waals surface area contributed by atoms with Gasteiger partial charge in [0.15, 0.2) is 0 Å². The van der Waals surface area contributed by atoms with Crippen molar-refractivity contribution in [3.05, 3.63) is 66.2 Å². The van der Waals surface area contributed by atoms with E-state index in [1.54, 1.807) is 6.07 Å². The Kier molecular flexibility index (Phi) is 4.79. The molecule has 5 nitrogen and oxygen atoms in total. The number of halogens is 2. The van der Waals surface area contributed by atoms with Crippen LogP contribution in [-0.2, 0) is 0 Å². The Morgan fingerprint density at radius 2 is 2.00 bits per heavy atom. The number of carbonyl (C=O) groups is 1. The number of nitro groups is 1. The Bertz CT molecular complexity index is 734. The van der Waals surface area contributed by atoms with Gasteiger partial charge in [-0.05, 0) is 53.3 Å². The van der Waals surface area contributed by atoms with Gasteiger partial charge in [-0.15, -0.1) is 0 Å². The summed E-state index contributed by atoms with van der Waals surface area (Å²) >= 11 is 8.10. The van der Waals surface area contributed by atoms with Gasteiger partial charge in [0.25, 0.3) is 11.6 Å². The fourth-order valence-electron chi connectivity index (χ4n) is 1.67. The van der Waals surface area contributed by atoms with Crippen LogP contribution in [0.2, 0.25) is 5.02 Å². The van der Waals surface area contributed by atoms with Crippen LogP contribution in [0.25, 0.3) is 0 Å². The Labute approximate surface area is 139 Å². The first-order valence-electron chi connectivity index (χ1n) is 5.90. The Morgan fingerprint density at radius 3 is 2.62 bits per heavy atom. The van der Waals surface area contributed by atoms with E-state index in [1.807, 2.05) is 19.1 Å². The summed E-state index contributed by atoms with van der Waals surface area (Å²) in [5.74, 6) is -0.483. The molecule has 0 unspecified atom stereocenters. The van der Waals surface area contributed by atoms with Gasteiger partial charge in [0.2, 0.25) is 0 Å². The number of aryl methyl sites for hydroxylation is 1. The SMILES string of the molecule is Cc1ccc(NC(=O)c2cc([N+](=O)[O-])ccc2Cl)cc1I. The molecule has 2 aromatic carbocycles. The maximum atomic E-state index is 12.2. The van der Waals surface area contributed by atoms with Crippen molar-refractivity contribution in [2.24, 2.45) is 0 Å². The van der Waals surface area contributed by atoms with Gasteiger partial charge in [0.1, 0.15) is 0 Å². The lowest BCUT2D eigenvalue weighted by Gasteiger charge is -2.08. The van der Waals surface area contributed by atoms with Crippen LogP contribution in [-0.4, -0.2) is 10.8 Å². The molecule has 0 heterocycles. The highest BCUT2D eigenvalue weighted by atomic mass is 127. The van der Waals surface area contributed by atoms with Gasteiger partial charge in [-0.25, -0.2) is 0 Å². The molecule has 0 bridgehead atoms. The molecule has 1 N–H and O–H groups in total.